The van der Waals surface area contributed by atoms with Crippen LogP contribution in [0, 0.1) is 0 Å². The highest BCUT2D eigenvalue weighted by Gasteiger charge is 2.16. The molecule has 0 spiro atoms. The Hall–Kier alpha value is -3.88. The molecular weight excluding hydrogens is 346 g/mol. The molecule has 0 bridgehead atoms. The number of nitrogens with zero attached hydrogens (tertiary/aromatic N) is 6. The van der Waals surface area contributed by atoms with Crippen LogP contribution in [0.25, 0.3) is 5.65 Å². The van der Waals surface area contributed by atoms with E-state index >= 15 is 0 Å². The van der Waals surface area contributed by atoms with E-state index < -0.39 is 0 Å². The molecule has 0 aliphatic heterocycles. The van der Waals surface area contributed by atoms with Gasteiger partial charge in [0.1, 0.15) is 24.2 Å². The Kier molecular flexibility index (Phi) is 4.40. The standard InChI is InChI=1S/C18H15N7O2/c1-2-12-4-3-5-16(23-12)24-18(26)15-6-13(9-25-17(15)21-11-22-25)27-14-7-19-10-20-8-14/h3-11H,2H2,1H3,(H,23,24,26). The van der Waals surface area contributed by atoms with Crippen molar-refractivity contribution in [3.63, 3.8) is 0 Å². The van der Waals surface area contributed by atoms with Crippen LogP contribution in [-0.2, 0) is 6.42 Å². The lowest BCUT2D eigenvalue weighted by atomic mass is 10.2. The summed E-state index contributed by atoms with van der Waals surface area (Å²) in [4.78, 5) is 29.2. The second kappa shape index (κ2) is 7.16. The van der Waals surface area contributed by atoms with Gasteiger partial charge in [-0.15, -0.1) is 0 Å². The molecule has 1 N–H and O–H groups in total. The van der Waals surface area contributed by atoms with Crippen molar-refractivity contribution in [3.8, 4) is 11.5 Å². The van der Waals surface area contributed by atoms with Crippen molar-refractivity contribution < 1.29 is 9.53 Å². The fraction of sp³-hybridized carbons (Fsp3) is 0.111. The van der Waals surface area contributed by atoms with Gasteiger partial charge >= 0.3 is 0 Å². The molecule has 1 amide bonds. The predicted octanol–water partition coefficient (Wildman–Crippen LogP) is 2.52. The molecule has 0 aliphatic rings. The van der Waals surface area contributed by atoms with Gasteiger partial charge in [0, 0.05) is 5.69 Å². The zero-order valence-corrected chi connectivity index (χ0v) is 14.4. The summed E-state index contributed by atoms with van der Waals surface area (Å²) in [6.07, 6.45) is 8.24. The molecule has 134 valence electrons. The third-order valence-corrected chi connectivity index (χ3v) is 3.78. The molecule has 4 aromatic heterocycles. The fourth-order valence-corrected chi connectivity index (χ4v) is 2.53. The molecule has 4 aromatic rings. The van der Waals surface area contributed by atoms with Crippen molar-refractivity contribution in [3.05, 3.63) is 66.8 Å². The minimum absolute atomic E-state index is 0.311. The Morgan fingerprint density at radius 2 is 2.04 bits per heavy atom. The van der Waals surface area contributed by atoms with Crippen LogP contribution in [0.5, 0.6) is 11.5 Å². The number of hydrogen-bond acceptors (Lipinski definition) is 7. The topological polar surface area (TPSA) is 107 Å². The SMILES string of the molecule is CCc1cccc(NC(=O)c2cc(Oc3cncnc3)cn3ncnc23)n1. The molecule has 0 saturated heterocycles. The van der Waals surface area contributed by atoms with Crippen molar-refractivity contribution in [2.75, 3.05) is 5.32 Å². The molecule has 0 unspecified atom stereocenters. The molecule has 27 heavy (non-hydrogen) atoms. The van der Waals surface area contributed by atoms with E-state index in [0.717, 1.165) is 12.1 Å². The summed E-state index contributed by atoms with van der Waals surface area (Å²) in [6, 6.07) is 7.08. The maximum absolute atomic E-state index is 12.8. The third-order valence-electron chi connectivity index (χ3n) is 3.78. The Balaban J connectivity index is 1.67. The zero-order valence-electron chi connectivity index (χ0n) is 14.4. The molecular formula is C18H15N7O2. The summed E-state index contributed by atoms with van der Waals surface area (Å²) in [7, 11) is 0. The van der Waals surface area contributed by atoms with E-state index in [1.54, 1.807) is 18.3 Å². The second-order valence-corrected chi connectivity index (χ2v) is 5.62. The first-order valence-electron chi connectivity index (χ1n) is 8.26. The average molecular weight is 361 g/mol. The number of amides is 1. The first-order valence-corrected chi connectivity index (χ1v) is 8.26. The van der Waals surface area contributed by atoms with Gasteiger partial charge in [-0.25, -0.2) is 24.5 Å². The predicted molar refractivity (Wildman–Crippen MR) is 96.7 cm³/mol. The van der Waals surface area contributed by atoms with Gasteiger partial charge in [-0.3, -0.25) is 4.79 Å². The van der Waals surface area contributed by atoms with Crippen LogP contribution >= 0.6 is 0 Å². The summed E-state index contributed by atoms with van der Waals surface area (Å²) in [5.41, 5.74) is 1.61. The number of fused-ring (bicyclic) bond motifs is 1. The maximum atomic E-state index is 12.8. The van der Waals surface area contributed by atoms with Crippen molar-refractivity contribution in [1.29, 1.82) is 0 Å². The number of nitrogens with one attached hydrogen (secondary N) is 1. The minimum atomic E-state index is -0.358. The number of pyridine rings is 2. The van der Waals surface area contributed by atoms with E-state index in [1.807, 2.05) is 19.1 Å². The molecule has 0 saturated carbocycles. The normalized spacial score (nSPS) is 10.7. The Morgan fingerprint density at radius 1 is 1.19 bits per heavy atom. The molecule has 0 radical (unpaired) electrons. The van der Waals surface area contributed by atoms with E-state index in [9.17, 15) is 4.79 Å². The van der Waals surface area contributed by atoms with Crippen molar-refractivity contribution in [1.82, 2.24) is 29.5 Å². The van der Waals surface area contributed by atoms with E-state index in [-0.39, 0.29) is 5.91 Å². The van der Waals surface area contributed by atoms with Crippen LogP contribution in [0.15, 0.2) is 55.5 Å². The molecule has 0 atom stereocenters. The van der Waals surface area contributed by atoms with Crippen LogP contribution in [0.3, 0.4) is 0 Å². The van der Waals surface area contributed by atoms with E-state index in [1.165, 1.54) is 29.6 Å². The quantitative estimate of drug-likeness (QED) is 0.582. The van der Waals surface area contributed by atoms with Gasteiger partial charge in [-0.2, -0.15) is 5.10 Å². The number of ether oxygens (including phenoxy) is 1. The van der Waals surface area contributed by atoms with Crippen molar-refractivity contribution in [2.45, 2.75) is 13.3 Å². The number of aryl methyl sites for hydroxylation is 1. The number of carbonyl (C=O) groups is 1. The van der Waals surface area contributed by atoms with Gasteiger partial charge in [0.05, 0.1) is 24.2 Å². The van der Waals surface area contributed by atoms with Crippen molar-refractivity contribution in [2.24, 2.45) is 0 Å². The summed E-state index contributed by atoms with van der Waals surface area (Å²) in [5.74, 6) is 0.965. The van der Waals surface area contributed by atoms with Gasteiger partial charge in [-0.05, 0) is 24.6 Å². The lowest BCUT2D eigenvalue weighted by Crippen LogP contribution is -2.15. The van der Waals surface area contributed by atoms with Crippen molar-refractivity contribution >= 4 is 17.4 Å². The van der Waals surface area contributed by atoms with Gasteiger partial charge < -0.3 is 10.1 Å². The molecule has 9 heteroatoms. The van der Waals surface area contributed by atoms with E-state index in [2.05, 4.69) is 30.4 Å². The summed E-state index contributed by atoms with van der Waals surface area (Å²) >= 11 is 0. The molecule has 0 fully saturated rings. The van der Waals surface area contributed by atoms with E-state index in [4.69, 9.17) is 4.74 Å². The first-order chi connectivity index (χ1) is 13.2. The van der Waals surface area contributed by atoms with Crippen LogP contribution in [0.1, 0.15) is 23.0 Å². The maximum Gasteiger partial charge on any atom is 0.260 e. The molecule has 0 aliphatic carbocycles. The Labute approximate surface area is 154 Å². The minimum Gasteiger partial charge on any atom is -0.452 e. The highest BCUT2D eigenvalue weighted by Crippen LogP contribution is 2.23. The summed E-state index contributed by atoms with van der Waals surface area (Å²) < 4.78 is 7.20. The van der Waals surface area contributed by atoms with Gasteiger partial charge in [0.15, 0.2) is 11.4 Å². The molecule has 9 nitrogen and oxygen atoms in total. The van der Waals surface area contributed by atoms with Gasteiger partial charge in [0.2, 0.25) is 0 Å². The summed E-state index contributed by atoms with van der Waals surface area (Å²) in [6.45, 7) is 2.00. The Bertz CT molecular complexity index is 1100. The molecule has 0 aromatic carbocycles. The highest BCUT2D eigenvalue weighted by molar-refractivity contribution is 6.08. The second-order valence-electron chi connectivity index (χ2n) is 5.62. The first kappa shape index (κ1) is 16.6. The highest BCUT2D eigenvalue weighted by atomic mass is 16.5. The number of hydrogen-bond donors (Lipinski definition) is 1. The van der Waals surface area contributed by atoms with Crippen LogP contribution in [0.4, 0.5) is 5.82 Å². The zero-order chi connectivity index (χ0) is 18.6. The monoisotopic (exact) mass is 361 g/mol. The number of anilines is 1. The molecule has 4 heterocycles. The lowest BCUT2D eigenvalue weighted by molar-refractivity contribution is 0.102. The number of aromatic nitrogens is 6. The van der Waals surface area contributed by atoms with Crippen LogP contribution in [-0.4, -0.2) is 35.5 Å². The van der Waals surface area contributed by atoms with Crippen LogP contribution < -0.4 is 10.1 Å². The average Bonchev–Trinajstić information content (AvgIpc) is 3.17. The third kappa shape index (κ3) is 3.56. The fourth-order valence-electron chi connectivity index (χ4n) is 2.53. The number of rotatable bonds is 5. The summed E-state index contributed by atoms with van der Waals surface area (Å²) in [5, 5.41) is 6.89. The van der Waals surface area contributed by atoms with Gasteiger partial charge in [-0.1, -0.05) is 13.0 Å². The van der Waals surface area contributed by atoms with E-state index in [0.29, 0.717) is 28.5 Å². The Morgan fingerprint density at radius 3 is 2.85 bits per heavy atom. The van der Waals surface area contributed by atoms with Gasteiger partial charge in [0.25, 0.3) is 5.91 Å². The lowest BCUT2D eigenvalue weighted by Gasteiger charge is -2.09. The largest absolute Gasteiger partial charge is 0.452 e. The van der Waals surface area contributed by atoms with Crippen LogP contribution in [0.2, 0.25) is 0 Å². The smallest absolute Gasteiger partial charge is 0.260 e. The molecule has 4 rings (SSSR count). The number of carbonyl (C=O) groups excluding carboxylic acids is 1.